The van der Waals surface area contributed by atoms with E-state index in [1.54, 1.807) is 27.0 Å². The molecule has 1 rings (SSSR count). The fraction of sp³-hybridized carbons (Fsp3) is 0.400. The Kier molecular flexibility index (Phi) is 5.40. The molecule has 0 saturated heterocycles. The third-order valence-corrected chi connectivity index (χ3v) is 2.87. The zero-order valence-corrected chi connectivity index (χ0v) is 11.5. The fourth-order valence-electron chi connectivity index (χ4n) is 1.84. The summed E-state index contributed by atoms with van der Waals surface area (Å²) in [7, 11) is 1.56. The van der Waals surface area contributed by atoms with Gasteiger partial charge in [0.1, 0.15) is 11.3 Å². The smallest absolute Gasteiger partial charge is 0.330 e. The maximum Gasteiger partial charge on any atom is 0.330 e. The van der Waals surface area contributed by atoms with Crippen molar-refractivity contribution in [3.63, 3.8) is 0 Å². The highest BCUT2D eigenvalue weighted by molar-refractivity contribution is 5.83. The normalized spacial score (nSPS) is 13.2. The molecule has 4 heteroatoms. The number of terminal acetylenes is 1. The van der Waals surface area contributed by atoms with Crippen molar-refractivity contribution in [3.05, 3.63) is 29.8 Å². The highest BCUT2D eigenvalue weighted by Crippen LogP contribution is 2.30. The van der Waals surface area contributed by atoms with E-state index in [0.717, 1.165) is 0 Å². The molecule has 1 atom stereocenters. The van der Waals surface area contributed by atoms with Crippen LogP contribution in [0.1, 0.15) is 19.4 Å². The molecule has 0 radical (unpaired) electrons. The third-order valence-electron chi connectivity index (χ3n) is 2.87. The third kappa shape index (κ3) is 3.27. The maximum atomic E-state index is 12.2. The van der Waals surface area contributed by atoms with Crippen molar-refractivity contribution in [1.82, 2.24) is 5.32 Å². The lowest BCUT2D eigenvalue weighted by Crippen LogP contribution is -2.48. The Morgan fingerprint density at radius 3 is 2.74 bits per heavy atom. The molecule has 1 aromatic rings. The Hall–Kier alpha value is -1.99. The number of nitrogens with one attached hydrogen (secondary N) is 1. The first-order valence-electron chi connectivity index (χ1n) is 6.09. The topological polar surface area (TPSA) is 47.6 Å². The zero-order chi connectivity index (χ0) is 14.3. The van der Waals surface area contributed by atoms with Crippen LogP contribution in [0, 0.1) is 12.3 Å². The van der Waals surface area contributed by atoms with Crippen molar-refractivity contribution < 1.29 is 14.3 Å². The van der Waals surface area contributed by atoms with E-state index in [0.29, 0.717) is 17.9 Å². The summed E-state index contributed by atoms with van der Waals surface area (Å²) in [5.74, 6) is 2.70. The first-order chi connectivity index (χ1) is 9.10. The number of rotatable bonds is 6. The zero-order valence-electron chi connectivity index (χ0n) is 11.5. The fourth-order valence-corrected chi connectivity index (χ4v) is 1.84. The van der Waals surface area contributed by atoms with Gasteiger partial charge < -0.3 is 9.47 Å². The second kappa shape index (κ2) is 6.81. The quantitative estimate of drug-likeness (QED) is 0.625. The van der Waals surface area contributed by atoms with Gasteiger partial charge in [-0.2, -0.15) is 0 Å². The van der Waals surface area contributed by atoms with E-state index in [9.17, 15) is 4.79 Å². The van der Waals surface area contributed by atoms with Gasteiger partial charge in [0.05, 0.1) is 20.3 Å². The van der Waals surface area contributed by atoms with Crippen LogP contribution in [0.4, 0.5) is 0 Å². The van der Waals surface area contributed by atoms with Crippen LogP contribution in [0.15, 0.2) is 24.3 Å². The van der Waals surface area contributed by atoms with Gasteiger partial charge in [-0.25, -0.2) is 4.79 Å². The van der Waals surface area contributed by atoms with Crippen molar-refractivity contribution in [1.29, 1.82) is 0 Å². The predicted molar refractivity (Wildman–Crippen MR) is 73.8 cm³/mol. The molecule has 0 bridgehead atoms. The average molecular weight is 261 g/mol. The van der Waals surface area contributed by atoms with Crippen molar-refractivity contribution in [2.24, 2.45) is 0 Å². The summed E-state index contributed by atoms with van der Waals surface area (Å²) >= 11 is 0. The van der Waals surface area contributed by atoms with Gasteiger partial charge in [0.25, 0.3) is 0 Å². The summed E-state index contributed by atoms with van der Waals surface area (Å²) in [5.41, 5.74) is -0.333. The molecule has 0 aliphatic carbocycles. The van der Waals surface area contributed by atoms with Crippen LogP contribution in [0.2, 0.25) is 0 Å². The molecule has 0 fully saturated rings. The predicted octanol–water partition coefficient (Wildman–Crippen LogP) is 1.70. The monoisotopic (exact) mass is 261 g/mol. The first kappa shape index (κ1) is 15.1. The highest BCUT2D eigenvalue weighted by atomic mass is 16.5. The minimum absolute atomic E-state index is 0.257. The molecule has 102 valence electrons. The second-order valence-corrected chi connectivity index (χ2v) is 4.10. The Balaban J connectivity index is 3.22. The number of esters is 1. The number of carbonyl (C=O) groups is 1. The van der Waals surface area contributed by atoms with E-state index in [4.69, 9.17) is 15.9 Å². The van der Waals surface area contributed by atoms with Gasteiger partial charge in [0.2, 0.25) is 0 Å². The van der Waals surface area contributed by atoms with Crippen molar-refractivity contribution in [2.75, 3.05) is 20.3 Å². The molecule has 1 unspecified atom stereocenters. The summed E-state index contributed by atoms with van der Waals surface area (Å²) in [5, 5.41) is 3.03. The summed E-state index contributed by atoms with van der Waals surface area (Å²) in [6.07, 6.45) is 5.26. The minimum atomic E-state index is -1.03. The van der Waals surface area contributed by atoms with E-state index >= 15 is 0 Å². The number of para-hydroxylation sites is 1. The van der Waals surface area contributed by atoms with Gasteiger partial charge in [-0.3, -0.25) is 5.32 Å². The summed E-state index contributed by atoms with van der Waals surface area (Å²) in [4.78, 5) is 12.2. The van der Waals surface area contributed by atoms with Crippen LogP contribution < -0.4 is 10.1 Å². The van der Waals surface area contributed by atoms with Crippen molar-refractivity contribution in [3.8, 4) is 18.1 Å². The Labute approximate surface area is 114 Å². The number of hydrogen-bond acceptors (Lipinski definition) is 4. The molecular weight excluding hydrogens is 242 g/mol. The van der Waals surface area contributed by atoms with Gasteiger partial charge in [0, 0.05) is 5.56 Å². The lowest BCUT2D eigenvalue weighted by molar-refractivity contribution is -0.151. The van der Waals surface area contributed by atoms with E-state index in [1.807, 2.05) is 18.2 Å². The minimum Gasteiger partial charge on any atom is -0.496 e. The molecule has 0 heterocycles. The number of benzene rings is 1. The largest absolute Gasteiger partial charge is 0.496 e. The van der Waals surface area contributed by atoms with Gasteiger partial charge in [0.15, 0.2) is 0 Å². The SMILES string of the molecule is C#CCNC(C)(C(=O)OCC)c1ccccc1OC. The molecule has 0 aliphatic heterocycles. The van der Waals surface area contributed by atoms with E-state index in [1.165, 1.54) is 0 Å². The second-order valence-electron chi connectivity index (χ2n) is 4.10. The maximum absolute atomic E-state index is 12.2. The van der Waals surface area contributed by atoms with Crippen LogP contribution in [0.25, 0.3) is 0 Å². The van der Waals surface area contributed by atoms with Gasteiger partial charge in [-0.1, -0.05) is 24.1 Å². The van der Waals surface area contributed by atoms with Crippen molar-refractivity contribution in [2.45, 2.75) is 19.4 Å². The van der Waals surface area contributed by atoms with Crippen LogP contribution >= 0.6 is 0 Å². The number of methoxy groups -OCH3 is 1. The molecule has 1 N–H and O–H groups in total. The Bertz CT molecular complexity index is 479. The van der Waals surface area contributed by atoms with Crippen LogP contribution in [0.5, 0.6) is 5.75 Å². The summed E-state index contributed by atoms with van der Waals surface area (Å²) < 4.78 is 10.4. The first-order valence-corrected chi connectivity index (χ1v) is 6.09. The molecule has 0 aliphatic rings. The summed E-state index contributed by atoms with van der Waals surface area (Å²) in [6, 6.07) is 7.30. The van der Waals surface area contributed by atoms with Crippen LogP contribution in [-0.4, -0.2) is 26.2 Å². The van der Waals surface area contributed by atoms with E-state index in [2.05, 4.69) is 11.2 Å². The Morgan fingerprint density at radius 1 is 1.47 bits per heavy atom. The summed E-state index contributed by atoms with van der Waals surface area (Å²) in [6.45, 7) is 4.07. The lowest BCUT2D eigenvalue weighted by Gasteiger charge is -2.29. The molecular formula is C15H19NO3. The number of carbonyl (C=O) groups excluding carboxylic acids is 1. The van der Waals surface area contributed by atoms with Gasteiger partial charge >= 0.3 is 5.97 Å². The standard InChI is InChI=1S/C15H19NO3/c1-5-11-16-15(3,14(17)19-6-2)12-9-7-8-10-13(12)18-4/h1,7-10,16H,6,11H2,2-4H3. The van der Waals surface area contributed by atoms with E-state index in [-0.39, 0.29) is 12.5 Å². The van der Waals surface area contributed by atoms with Crippen molar-refractivity contribution >= 4 is 5.97 Å². The highest BCUT2D eigenvalue weighted by Gasteiger charge is 2.38. The molecule has 4 nitrogen and oxygen atoms in total. The Morgan fingerprint density at radius 2 is 2.16 bits per heavy atom. The lowest BCUT2D eigenvalue weighted by atomic mass is 9.91. The molecule has 0 saturated carbocycles. The molecule has 0 amide bonds. The van der Waals surface area contributed by atoms with Crippen LogP contribution in [0.3, 0.4) is 0 Å². The molecule has 1 aromatic carbocycles. The molecule has 0 spiro atoms. The molecule has 0 aromatic heterocycles. The van der Waals surface area contributed by atoms with E-state index < -0.39 is 5.54 Å². The number of ether oxygens (including phenoxy) is 2. The van der Waals surface area contributed by atoms with Gasteiger partial charge in [-0.05, 0) is 19.9 Å². The number of hydrogen-bond donors (Lipinski definition) is 1. The van der Waals surface area contributed by atoms with Crippen LogP contribution in [-0.2, 0) is 15.1 Å². The van der Waals surface area contributed by atoms with Gasteiger partial charge in [-0.15, -0.1) is 6.42 Å². The average Bonchev–Trinajstić information content (AvgIpc) is 2.44. The molecule has 19 heavy (non-hydrogen) atoms.